The quantitative estimate of drug-likeness (QED) is 0.682. The molecule has 0 bridgehead atoms. The molecule has 2 atom stereocenters. The molecule has 0 spiro atoms. The van der Waals surface area contributed by atoms with Gasteiger partial charge in [-0.3, -0.25) is 9.80 Å². The molecule has 1 aliphatic heterocycles. The van der Waals surface area contributed by atoms with Gasteiger partial charge in [0.2, 0.25) is 0 Å². The van der Waals surface area contributed by atoms with E-state index in [1.807, 2.05) is 0 Å². The van der Waals surface area contributed by atoms with Crippen molar-refractivity contribution < 1.29 is 0 Å². The maximum Gasteiger partial charge on any atom is 0.0672 e. The predicted octanol–water partition coefficient (Wildman–Crippen LogP) is 2.87. The van der Waals surface area contributed by atoms with E-state index < -0.39 is 0 Å². The second kappa shape index (κ2) is 6.24. The molecule has 2 aliphatic rings. The van der Waals surface area contributed by atoms with E-state index in [2.05, 4.69) is 36.6 Å². The molecule has 108 valence electrons. The third-order valence-electron chi connectivity index (χ3n) is 4.88. The number of nitriles is 1. The molecule has 0 amide bonds. The monoisotopic (exact) mass is 263 g/mol. The Labute approximate surface area is 118 Å². The smallest absolute Gasteiger partial charge is 0.0672 e. The first kappa shape index (κ1) is 14.8. The predicted molar refractivity (Wildman–Crippen MR) is 78.9 cm³/mol. The Morgan fingerprint density at radius 1 is 0.947 bits per heavy atom. The summed E-state index contributed by atoms with van der Waals surface area (Å²) in [5.74, 6) is 0.267. The topological polar surface area (TPSA) is 30.3 Å². The van der Waals surface area contributed by atoms with Crippen molar-refractivity contribution in [2.45, 2.75) is 64.5 Å². The fourth-order valence-corrected chi connectivity index (χ4v) is 3.60. The maximum atomic E-state index is 9.41. The lowest BCUT2D eigenvalue weighted by atomic mass is 9.94. The van der Waals surface area contributed by atoms with Gasteiger partial charge < -0.3 is 0 Å². The minimum absolute atomic E-state index is 0.267. The van der Waals surface area contributed by atoms with Gasteiger partial charge >= 0.3 is 0 Å². The standard InChI is InChI=1S/C16H29N3/c1-16(2,3)19-11-9-18(10-12-19)15-8-6-4-5-7-14(15)13-17/h14-15H,4-12H2,1-3H3. The average Bonchev–Trinajstić information content (AvgIpc) is 2.62. The second-order valence-corrected chi connectivity index (χ2v) is 7.13. The molecule has 1 heterocycles. The maximum absolute atomic E-state index is 9.41. The van der Waals surface area contributed by atoms with Crippen LogP contribution in [-0.4, -0.2) is 47.6 Å². The summed E-state index contributed by atoms with van der Waals surface area (Å²) in [7, 11) is 0. The zero-order valence-corrected chi connectivity index (χ0v) is 12.9. The summed E-state index contributed by atoms with van der Waals surface area (Å²) < 4.78 is 0. The highest BCUT2D eigenvalue weighted by atomic mass is 15.3. The lowest BCUT2D eigenvalue weighted by Crippen LogP contribution is -2.56. The summed E-state index contributed by atoms with van der Waals surface area (Å²) in [4.78, 5) is 5.17. The summed E-state index contributed by atoms with van der Waals surface area (Å²) in [6.45, 7) is 11.5. The third kappa shape index (κ3) is 3.70. The fourth-order valence-electron chi connectivity index (χ4n) is 3.60. The summed E-state index contributed by atoms with van der Waals surface area (Å²) in [5.41, 5.74) is 0.282. The fraction of sp³-hybridized carbons (Fsp3) is 0.938. The van der Waals surface area contributed by atoms with E-state index in [4.69, 9.17) is 0 Å². The number of hydrogen-bond acceptors (Lipinski definition) is 3. The van der Waals surface area contributed by atoms with Gasteiger partial charge in [-0.15, -0.1) is 0 Å². The van der Waals surface area contributed by atoms with Gasteiger partial charge in [-0.1, -0.05) is 19.3 Å². The first-order valence-electron chi connectivity index (χ1n) is 7.91. The van der Waals surface area contributed by atoms with E-state index in [1.165, 1.54) is 25.7 Å². The molecule has 0 aromatic carbocycles. The van der Waals surface area contributed by atoms with Crippen molar-refractivity contribution in [3.05, 3.63) is 0 Å². The van der Waals surface area contributed by atoms with Crippen LogP contribution < -0.4 is 0 Å². The van der Waals surface area contributed by atoms with E-state index in [-0.39, 0.29) is 11.5 Å². The molecule has 0 radical (unpaired) electrons. The zero-order valence-electron chi connectivity index (χ0n) is 12.9. The van der Waals surface area contributed by atoms with Crippen molar-refractivity contribution >= 4 is 0 Å². The van der Waals surface area contributed by atoms with Crippen LogP contribution in [0.1, 0.15) is 52.9 Å². The normalized spacial score (nSPS) is 31.7. The van der Waals surface area contributed by atoms with Crippen molar-refractivity contribution in [3.8, 4) is 6.07 Å². The molecule has 19 heavy (non-hydrogen) atoms. The van der Waals surface area contributed by atoms with Gasteiger partial charge in [0.05, 0.1) is 12.0 Å². The number of piperazine rings is 1. The SMILES string of the molecule is CC(C)(C)N1CCN(C2CCCCCC2C#N)CC1. The molecule has 0 aromatic rings. The molecule has 1 saturated carbocycles. The Hall–Kier alpha value is -0.590. The van der Waals surface area contributed by atoms with Crippen molar-refractivity contribution in [2.24, 2.45) is 5.92 Å². The first-order valence-corrected chi connectivity index (χ1v) is 7.91. The third-order valence-corrected chi connectivity index (χ3v) is 4.88. The highest BCUT2D eigenvalue weighted by Gasteiger charge is 2.33. The Morgan fingerprint density at radius 3 is 2.16 bits per heavy atom. The van der Waals surface area contributed by atoms with Crippen molar-refractivity contribution in [3.63, 3.8) is 0 Å². The zero-order chi connectivity index (χ0) is 13.9. The molecular weight excluding hydrogens is 234 g/mol. The van der Waals surface area contributed by atoms with Gasteiger partial charge in [-0.25, -0.2) is 0 Å². The van der Waals surface area contributed by atoms with E-state index in [9.17, 15) is 5.26 Å². The molecule has 2 rings (SSSR count). The molecule has 3 nitrogen and oxygen atoms in total. The number of nitrogens with zero attached hydrogens (tertiary/aromatic N) is 3. The average molecular weight is 263 g/mol. The van der Waals surface area contributed by atoms with Crippen molar-refractivity contribution in [1.82, 2.24) is 9.80 Å². The number of rotatable bonds is 1. The van der Waals surface area contributed by atoms with Crippen LogP contribution in [0.4, 0.5) is 0 Å². The van der Waals surface area contributed by atoms with E-state index in [1.54, 1.807) is 0 Å². The van der Waals surface area contributed by atoms with Crippen molar-refractivity contribution in [1.29, 1.82) is 5.26 Å². The lowest BCUT2D eigenvalue weighted by Gasteiger charge is -2.45. The summed E-state index contributed by atoms with van der Waals surface area (Å²) in [5, 5.41) is 9.41. The highest BCUT2D eigenvalue weighted by molar-refractivity contribution is 4.96. The van der Waals surface area contributed by atoms with E-state index in [0.717, 1.165) is 32.6 Å². The molecular formula is C16H29N3. The molecule has 3 heteroatoms. The van der Waals surface area contributed by atoms with Gasteiger partial charge in [-0.2, -0.15) is 5.26 Å². The molecule has 0 N–H and O–H groups in total. The van der Waals surface area contributed by atoms with Crippen LogP contribution in [0.2, 0.25) is 0 Å². The minimum atomic E-state index is 0.267. The Bertz CT molecular complexity index is 318. The van der Waals surface area contributed by atoms with Gasteiger partial charge in [-0.05, 0) is 33.6 Å². The lowest BCUT2D eigenvalue weighted by molar-refractivity contribution is 0.0313. The van der Waals surface area contributed by atoms with Crippen LogP contribution in [0.25, 0.3) is 0 Å². The Kier molecular flexibility index (Phi) is 4.86. The molecule has 0 aromatic heterocycles. The highest BCUT2D eigenvalue weighted by Crippen LogP contribution is 2.28. The Balaban J connectivity index is 1.94. The second-order valence-electron chi connectivity index (χ2n) is 7.13. The molecule has 2 unspecified atom stereocenters. The Morgan fingerprint density at radius 2 is 1.58 bits per heavy atom. The number of hydrogen-bond donors (Lipinski definition) is 0. The van der Waals surface area contributed by atoms with Crippen LogP contribution in [0.15, 0.2) is 0 Å². The van der Waals surface area contributed by atoms with E-state index >= 15 is 0 Å². The molecule has 2 fully saturated rings. The van der Waals surface area contributed by atoms with Crippen LogP contribution in [-0.2, 0) is 0 Å². The summed E-state index contributed by atoms with van der Waals surface area (Å²) in [6, 6.07) is 3.10. The van der Waals surface area contributed by atoms with E-state index in [0.29, 0.717) is 6.04 Å². The molecule has 1 aliphatic carbocycles. The van der Waals surface area contributed by atoms with Crippen molar-refractivity contribution in [2.75, 3.05) is 26.2 Å². The first-order chi connectivity index (χ1) is 9.02. The van der Waals surface area contributed by atoms with Crippen LogP contribution in [0.3, 0.4) is 0 Å². The van der Waals surface area contributed by atoms with Gasteiger partial charge in [0.25, 0.3) is 0 Å². The summed E-state index contributed by atoms with van der Waals surface area (Å²) >= 11 is 0. The minimum Gasteiger partial charge on any atom is -0.297 e. The van der Waals surface area contributed by atoms with Crippen LogP contribution >= 0.6 is 0 Å². The van der Waals surface area contributed by atoms with Gasteiger partial charge in [0, 0.05) is 37.8 Å². The van der Waals surface area contributed by atoms with Gasteiger partial charge in [0.15, 0.2) is 0 Å². The van der Waals surface area contributed by atoms with Crippen LogP contribution in [0.5, 0.6) is 0 Å². The van der Waals surface area contributed by atoms with Gasteiger partial charge in [0.1, 0.15) is 0 Å². The molecule has 1 saturated heterocycles. The van der Waals surface area contributed by atoms with Crippen LogP contribution in [0, 0.1) is 17.2 Å². The summed E-state index contributed by atoms with van der Waals surface area (Å²) in [6.07, 6.45) is 6.21. The largest absolute Gasteiger partial charge is 0.297 e.